The molecule has 12 heteroatoms. The Labute approximate surface area is 336 Å². The van der Waals surface area contributed by atoms with Crippen molar-refractivity contribution in [2.24, 2.45) is 0 Å². The van der Waals surface area contributed by atoms with Gasteiger partial charge >= 0.3 is 23.9 Å². The van der Waals surface area contributed by atoms with E-state index in [4.69, 9.17) is 28.4 Å². The SMILES string of the molecule is C=CC(=O)OCCCCCCOc1ccc(C(=O)Oc2ccc3c(c2)C(=O)c2ccc(OC(=O)c4ccc(OCCCCCCOC(=O)C=C)cc4)cc2C3=O)cc1. The van der Waals surface area contributed by atoms with Gasteiger partial charge in [0.1, 0.15) is 23.0 Å². The minimum Gasteiger partial charge on any atom is -0.494 e. The Kier molecular flexibility index (Phi) is 15.7. The zero-order valence-corrected chi connectivity index (χ0v) is 32.0. The molecule has 4 aromatic rings. The van der Waals surface area contributed by atoms with Gasteiger partial charge in [-0.05, 0) is 136 Å². The van der Waals surface area contributed by atoms with E-state index in [1.54, 1.807) is 48.5 Å². The first kappa shape index (κ1) is 42.3. The van der Waals surface area contributed by atoms with Gasteiger partial charge in [0.25, 0.3) is 0 Å². The summed E-state index contributed by atoms with van der Waals surface area (Å²) in [4.78, 5) is 75.0. The first-order valence-corrected chi connectivity index (χ1v) is 19.0. The normalized spacial score (nSPS) is 11.4. The summed E-state index contributed by atoms with van der Waals surface area (Å²) in [6, 6.07) is 21.4. The summed E-state index contributed by atoms with van der Waals surface area (Å²) in [6.07, 6.45) is 9.03. The van der Waals surface area contributed by atoms with Gasteiger partial charge in [-0.15, -0.1) is 0 Å². The van der Waals surface area contributed by atoms with Gasteiger partial charge in [-0.3, -0.25) is 9.59 Å². The van der Waals surface area contributed by atoms with Gasteiger partial charge in [0.05, 0.1) is 37.6 Å². The van der Waals surface area contributed by atoms with Crippen LogP contribution in [0.25, 0.3) is 0 Å². The second kappa shape index (κ2) is 21.5. The van der Waals surface area contributed by atoms with Crippen molar-refractivity contribution in [1.29, 1.82) is 0 Å². The Balaban J connectivity index is 1.08. The molecule has 0 saturated heterocycles. The maximum absolute atomic E-state index is 13.5. The number of carbonyl (C=O) groups excluding carboxylic acids is 6. The quantitative estimate of drug-likeness (QED) is 0.0287. The van der Waals surface area contributed by atoms with Crippen LogP contribution in [-0.4, -0.2) is 61.9 Å². The summed E-state index contributed by atoms with van der Waals surface area (Å²) in [6.45, 7) is 8.41. The molecule has 0 aliphatic heterocycles. The fourth-order valence-electron chi connectivity index (χ4n) is 5.90. The van der Waals surface area contributed by atoms with Crippen molar-refractivity contribution in [3.8, 4) is 23.0 Å². The third kappa shape index (κ3) is 12.1. The van der Waals surface area contributed by atoms with E-state index in [9.17, 15) is 28.8 Å². The molecule has 12 nitrogen and oxygen atoms in total. The van der Waals surface area contributed by atoms with E-state index in [0.717, 1.165) is 63.5 Å². The van der Waals surface area contributed by atoms with Gasteiger partial charge in [-0.1, -0.05) is 13.2 Å². The summed E-state index contributed by atoms with van der Waals surface area (Å²) in [5.74, 6) is -1.67. The van der Waals surface area contributed by atoms with E-state index >= 15 is 0 Å². The van der Waals surface area contributed by atoms with Crippen molar-refractivity contribution < 1.29 is 57.2 Å². The van der Waals surface area contributed by atoms with Crippen molar-refractivity contribution in [2.75, 3.05) is 26.4 Å². The van der Waals surface area contributed by atoms with Crippen LogP contribution in [0.1, 0.15) is 104 Å². The fourth-order valence-corrected chi connectivity index (χ4v) is 5.90. The van der Waals surface area contributed by atoms with Crippen LogP contribution in [0, 0.1) is 0 Å². The minimum atomic E-state index is -0.652. The molecule has 0 saturated carbocycles. The van der Waals surface area contributed by atoms with Crippen LogP contribution >= 0.6 is 0 Å². The van der Waals surface area contributed by atoms with Crippen LogP contribution in [-0.2, 0) is 19.1 Å². The molecule has 0 heterocycles. The molecular formula is C46H44O12. The van der Waals surface area contributed by atoms with E-state index in [2.05, 4.69) is 13.2 Å². The Morgan fingerprint density at radius 2 is 0.776 bits per heavy atom. The number of hydrogen-bond donors (Lipinski definition) is 0. The molecule has 0 fully saturated rings. The van der Waals surface area contributed by atoms with Crippen molar-refractivity contribution in [2.45, 2.75) is 51.4 Å². The highest BCUT2D eigenvalue weighted by atomic mass is 16.5. The van der Waals surface area contributed by atoms with Crippen LogP contribution in [0.4, 0.5) is 0 Å². The zero-order chi connectivity index (χ0) is 41.3. The lowest BCUT2D eigenvalue weighted by molar-refractivity contribution is -0.138. The lowest BCUT2D eigenvalue weighted by Crippen LogP contribution is -2.21. The largest absolute Gasteiger partial charge is 0.494 e. The molecule has 0 amide bonds. The average molecular weight is 789 g/mol. The predicted molar refractivity (Wildman–Crippen MR) is 213 cm³/mol. The number of ether oxygens (including phenoxy) is 6. The second-order valence-corrected chi connectivity index (χ2v) is 13.2. The lowest BCUT2D eigenvalue weighted by atomic mass is 9.84. The van der Waals surface area contributed by atoms with E-state index in [1.165, 1.54) is 36.4 Å². The fraction of sp³-hybridized carbons (Fsp3) is 0.261. The summed E-state index contributed by atoms with van der Waals surface area (Å²) >= 11 is 0. The maximum atomic E-state index is 13.5. The van der Waals surface area contributed by atoms with Crippen molar-refractivity contribution >= 4 is 35.4 Å². The zero-order valence-electron chi connectivity index (χ0n) is 32.0. The predicted octanol–water partition coefficient (Wildman–Crippen LogP) is 8.24. The van der Waals surface area contributed by atoms with Crippen LogP contribution in [0.3, 0.4) is 0 Å². The standard InChI is InChI=1S/C46H44O12/c1-3-41(47)55-27-11-7-5-9-25-53-33-17-13-31(14-18-33)45(51)57-35-21-23-37-39(29-35)43(49)38-24-22-36(30-40(38)44(37)50)58-46(52)32-15-19-34(20-16-32)54-26-10-6-8-12-28-56-42(48)4-2/h3-4,13-24,29-30H,1-2,5-12,25-28H2. The van der Waals surface area contributed by atoms with Gasteiger partial charge in [-0.2, -0.15) is 0 Å². The highest BCUT2D eigenvalue weighted by Crippen LogP contribution is 2.32. The van der Waals surface area contributed by atoms with Crippen LogP contribution in [0.15, 0.2) is 110 Å². The lowest BCUT2D eigenvalue weighted by Gasteiger charge is -2.19. The molecule has 300 valence electrons. The van der Waals surface area contributed by atoms with Gasteiger partial charge < -0.3 is 28.4 Å². The number of ketones is 2. The smallest absolute Gasteiger partial charge is 0.343 e. The summed E-state index contributed by atoms with van der Waals surface area (Å²) in [7, 11) is 0. The third-order valence-corrected chi connectivity index (χ3v) is 9.00. The van der Waals surface area contributed by atoms with Crippen molar-refractivity contribution in [1.82, 2.24) is 0 Å². The molecule has 0 unspecified atom stereocenters. The summed E-state index contributed by atoms with van der Waals surface area (Å²) in [5.41, 5.74) is 0.962. The van der Waals surface area contributed by atoms with Gasteiger partial charge in [0.2, 0.25) is 0 Å². The molecule has 1 aliphatic rings. The highest BCUT2D eigenvalue weighted by Gasteiger charge is 2.31. The second-order valence-electron chi connectivity index (χ2n) is 13.2. The van der Waals surface area contributed by atoms with Gasteiger partial charge in [-0.25, -0.2) is 19.2 Å². The summed E-state index contributed by atoms with van der Waals surface area (Å²) < 4.78 is 32.5. The molecular weight excluding hydrogens is 744 g/mol. The Morgan fingerprint density at radius 1 is 0.431 bits per heavy atom. The number of carbonyl (C=O) groups is 6. The molecule has 0 bridgehead atoms. The van der Waals surface area contributed by atoms with Crippen LogP contribution in [0.2, 0.25) is 0 Å². The number of fused-ring (bicyclic) bond motifs is 2. The number of esters is 4. The average Bonchev–Trinajstić information content (AvgIpc) is 3.24. The number of unbranched alkanes of at least 4 members (excludes halogenated alkanes) is 6. The molecule has 4 aromatic carbocycles. The van der Waals surface area contributed by atoms with E-state index in [1.807, 2.05) is 0 Å². The Hall–Kier alpha value is -6.82. The minimum absolute atomic E-state index is 0.0860. The third-order valence-electron chi connectivity index (χ3n) is 9.00. The molecule has 0 radical (unpaired) electrons. The first-order chi connectivity index (χ1) is 28.2. The van der Waals surface area contributed by atoms with E-state index in [0.29, 0.717) is 37.9 Å². The van der Waals surface area contributed by atoms with Crippen LogP contribution < -0.4 is 18.9 Å². The van der Waals surface area contributed by atoms with Gasteiger partial charge in [0.15, 0.2) is 11.6 Å². The molecule has 58 heavy (non-hydrogen) atoms. The summed E-state index contributed by atoms with van der Waals surface area (Å²) in [5, 5.41) is 0. The first-order valence-electron chi connectivity index (χ1n) is 19.0. The Morgan fingerprint density at radius 3 is 1.14 bits per heavy atom. The molecule has 0 N–H and O–H groups in total. The number of rotatable bonds is 22. The molecule has 1 aliphatic carbocycles. The van der Waals surface area contributed by atoms with Crippen molar-refractivity contribution in [3.63, 3.8) is 0 Å². The van der Waals surface area contributed by atoms with Crippen LogP contribution in [0.5, 0.6) is 23.0 Å². The Bertz CT molecular complexity index is 1980. The maximum Gasteiger partial charge on any atom is 0.343 e. The van der Waals surface area contributed by atoms with E-state index in [-0.39, 0.29) is 44.9 Å². The topological polar surface area (TPSA) is 158 Å². The molecule has 0 atom stereocenters. The monoisotopic (exact) mass is 788 g/mol. The molecule has 0 spiro atoms. The molecule has 5 rings (SSSR count). The number of benzene rings is 4. The van der Waals surface area contributed by atoms with Gasteiger partial charge in [0, 0.05) is 34.4 Å². The van der Waals surface area contributed by atoms with E-state index < -0.39 is 35.4 Å². The number of hydrogen-bond acceptors (Lipinski definition) is 12. The van der Waals surface area contributed by atoms with Crippen molar-refractivity contribution in [3.05, 3.63) is 144 Å². The molecule has 0 aromatic heterocycles. The highest BCUT2D eigenvalue weighted by molar-refractivity contribution is 6.28.